The number of halogens is 2. The van der Waals surface area contributed by atoms with Gasteiger partial charge < -0.3 is 25.0 Å². The summed E-state index contributed by atoms with van der Waals surface area (Å²) in [6.07, 6.45) is 2.70. The highest BCUT2D eigenvalue weighted by molar-refractivity contribution is 14.0. The van der Waals surface area contributed by atoms with Gasteiger partial charge in [-0.05, 0) is 36.2 Å². The van der Waals surface area contributed by atoms with Gasteiger partial charge in [-0.2, -0.15) is 0 Å². The number of methoxy groups -OCH3 is 2. The number of nitrogens with one attached hydrogen (secondary N) is 2. The molecule has 168 valence electrons. The maximum absolute atomic E-state index is 12.0. The third kappa shape index (κ3) is 6.36. The van der Waals surface area contributed by atoms with Gasteiger partial charge in [-0.15, -0.1) is 24.0 Å². The van der Waals surface area contributed by atoms with Crippen molar-refractivity contribution < 1.29 is 14.3 Å². The number of anilines is 1. The second-order valence-electron chi connectivity index (χ2n) is 6.84. The molecule has 0 amide bonds. The van der Waals surface area contributed by atoms with Gasteiger partial charge in [-0.25, -0.2) is 9.78 Å². The van der Waals surface area contributed by atoms with E-state index in [2.05, 4.69) is 25.5 Å². The molecule has 0 aliphatic carbocycles. The summed E-state index contributed by atoms with van der Waals surface area (Å²) in [6, 6.07) is 9.30. The first-order valence-corrected chi connectivity index (χ1v) is 10.0. The van der Waals surface area contributed by atoms with Crippen LogP contribution in [-0.2, 0) is 11.3 Å². The molecule has 1 atom stereocenters. The Labute approximate surface area is 204 Å². The fourth-order valence-corrected chi connectivity index (χ4v) is 3.63. The van der Waals surface area contributed by atoms with E-state index in [1.54, 1.807) is 25.4 Å². The molecular weight excluding hydrogens is 533 g/mol. The van der Waals surface area contributed by atoms with Crippen LogP contribution in [0.25, 0.3) is 0 Å². The Morgan fingerprint density at radius 2 is 2.16 bits per heavy atom. The topological polar surface area (TPSA) is 88.1 Å². The second kappa shape index (κ2) is 11.9. The van der Waals surface area contributed by atoms with Crippen LogP contribution in [0, 0.1) is 0 Å². The molecule has 1 aromatic carbocycles. The first-order valence-electron chi connectivity index (χ1n) is 9.63. The van der Waals surface area contributed by atoms with Crippen LogP contribution in [-0.4, -0.2) is 57.3 Å². The Hall–Kier alpha value is -2.27. The smallest absolute Gasteiger partial charge is 0.341 e. The lowest BCUT2D eigenvalue weighted by Gasteiger charge is -2.20. The molecule has 0 spiro atoms. The standard InChI is InChI=1S/C21H26ClN5O3.HI/c1-23-21(25-12-14-6-7-18(29-2)16(11-14)20(28)30-3)26-15-8-10-27(13-15)19-17(22)5-4-9-24-19;/h4-7,9,11,15H,8,10,12-13H2,1-3H3,(H2,23,25,26);1H. The summed E-state index contributed by atoms with van der Waals surface area (Å²) < 4.78 is 10.1. The zero-order chi connectivity index (χ0) is 21.5. The molecule has 8 nitrogen and oxygen atoms in total. The van der Waals surface area contributed by atoms with Crippen LogP contribution in [0.5, 0.6) is 5.75 Å². The fourth-order valence-electron chi connectivity index (χ4n) is 3.39. The van der Waals surface area contributed by atoms with Crippen LogP contribution in [0.2, 0.25) is 5.02 Å². The Kier molecular flexibility index (Phi) is 9.63. The Morgan fingerprint density at radius 3 is 2.84 bits per heavy atom. The molecule has 31 heavy (non-hydrogen) atoms. The van der Waals surface area contributed by atoms with Gasteiger partial charge in [0.15, 0.2) is 5.96 Å². The van der Waals surface area contributed by atoms with Crippen molar-refractivity contribution in [1.82, 2.24) is 15.6 Å². The highest BCUT2D eigenvalue weighted by atomic mass is 127. The number of guanidine groups is 1. The van der Waals surface area contributed by atoms with Crippen molar-refractivity contribution in [2.45, 2.75) is 19.0 Å². The van der Waals surface area contributed by atoms with Gasteiger partial charge in [0.2, 0.25) is 0 Å². The second-order valence-corrected chi connectivity index (χ2v) is 7.24. The average Bonchev–Trinajstić information content (AvgIpc) is 3.24. The van der Waals surface area contributed by atoms with Crippen molar-refractivity contribution in [3.8, 4) is 5.75 Å². The number of carbonyl (C=O) groups is 1. The Balaban J connectivity index is 0.00000341. The predicted octanol–water partition coefficient (Wildman–Crippen LogP) is 3.09. The molecule has 1 unspecified atom stereocenters. The van der Waals surface area contributed by atoms with E-state index in [1.807, 2.05) is 18.2 Å². The SMILES string of the molecule is CN=C(NCc1ccc(OC)c(C(=O)OC)c1)NC1CCN(c2ncccc2Cl)C1.I. The normalized spacial score (nSPS) is 15.8. The van der Waals surface area contributed by atoms with E-state index < -0.39 is 5.97 Å². The zero-order valence-electron chi connectivity index (χ0n) is 17.7. The summed E-state index contributed by atoms with van der Waals surface area (Å²) in [5.74, 6) is 1.53. The number of carbonyl (C=O) groups excluding carboxylic acids is 1. The minimum atomic E-state index is -0.435. The number of aromatic nitrogens is 1. The van der Waals surface area contributed by atoms with Crippen molar-refractivity contribution in [3.05, 3.63) is 52.7 Å². The first kappa shape index (κ1) is 25.0. The molecule has 2 N–H and O–H groups in total. The van der Waals surface area contributed by atoms with Gasteiger partial charge in [0, 0.05) is 38.9 Å². The van der Waals surface area contributed by atoms with Crippen LogP contribution < -0.4 is 20.3 Å². The number of nitrogens with zero attached hydrogens (tertiary/aromatic N) is 3. The van der Waals surface area contributed by atoms with Crippen molar-refractivity contribution in [2.75, 3.05) is 39.3 Å². The van der Waals surface area contributed by atoms with Crippen LogP contribution >= 0.6 is 35.6 Å². The zero-order valence-corrected chi connectivity index (χ0v) is 20.8. The molecule has 0 radical (unpaired) electrons. The van der Waals surface area contributed by atoms with Crippen LogP contribution in [0.3, 0.4) is 0 Å². The molecule has 2 heterocycles. The molecule has 1 fully saturated rings. The summed E-state index contributed by atoms with van der Waals surface area (Å²) in [6.45, 7) is 2.15. The molecule has 10 heteroatoms. The largest absolute Gasteiger partial charge is 0.496 e. The number of benzene rings is 1. The molecule has 1 saturated heterocycles. The van der Waals surface area contributed by atoms with E-state index in [4.69, 9.17) is 21.1 Å². The van der Waals surface area contributed by atoms with E-state index in [0.29, 0.717) is 28.8 Å². The molecule has 2 aromatic rings. The quantitative estimate of drug-likeness (QED) is 0.243. The van der Waals surface area contributed by atoms with Crippen molar-refractivity contribution >= 4 is 53.3 Å². The minimum Gasteiger partial charge on any atom is -0.496 e. The Bertz CT molecular complexity index is 928. The molecule has 1 aliphatic heterocycles. The van der Waals surface area contributed by atoms with Gasteiger partial charge in [-0.3, -0.25) is 4.99 Å². The highest BCUT2D eigenvalue weighted by Gasteiger charge is 2.25. The van der Waals surface area contributed by atoms with Gasteiger partial charge >= 0.3 is 5.97 Å². The number of hydrogen-bond donors (Lipinski definition) is 2. The van der Waals surface area contributed by atoms with E-state index in [9.17, 15) is 4.79 Å². The summed E-state index contributed by atoms with van der Waals surface area (Å²) >= 11 is 6.27. The first-order chi connectivity index (χ1) is 14.5. The lowest BCUT2D eigenvalue weighted by molar-refractivity contribution is 0.0597. The van der Waals surface area contributed by atoms with E-state index in [0.717, 1.165) is 30.9 Å². The third-order valence-corrected chi connectivity index (χ3v) is 5.22. The molecule has 1 aromatic heterocycles. The number of pyridine rings is 1. The van der Waals surface area contributed by atoms with E-state index >= 15 is 0 Å². The van der Waals surface area contributed by atoms with Crippen molar-refractivity contribution in [3.63, 3.8) is 0 Å². The summed E-state index contributed by atoms with van der Waals surface area (Å²) in [5.41, 5.74) is 1.30. The van der Waals surface area contributed by atoms with E-state index in [1.165, 1.54) is 14.2 Å². The fraction of sp³-hybridized carbons (Fsp3) is 0.381. The molecule has 1 aliphatic rings. The van der Waals surface area contributed by atoms with Gasteiger partial charge in [0.05, 0.1) is 19.2 Å². The van der Waals surface area contributed by atoms with Gasteiger partial charge in [0.25, 0.3) is 0 Å². The molecular formula is C21H27ClIN5O3. The maximum atomic E-state index is 12.0. The van der Waals surface area contributed by atoms with Gasteiger partial charge in [0.1, 0.15) is 17.1 Å². The molecule has 0 saturated carbocycles. The monoisotopic (exact) mass is 559 g/mol. The van der Waals surface area contributed by atoms with Gasteiger partial charge in [-0.1, -0.05) is 17.7 Å². The summed E-state index contributed by atoms with van der Waals surface area (Å²) in [4.78, 5) is 22.8. The highest BCUT2D eigenvalue weighted by Crippen LogP contribution is 2.25. The molecule has 0 bridgehead atoms. The number of esters is 1. The number of ether oxygens (including phenoxy) is 2. The third-order valence-electron chi connectivity index (χ3n) is 4.92. The lowest BCUT2D eigenvalue weighted by atomic mass is 10.1. The van der Waals surface area contributed by atoms with E-state index in [-0.39, 0.29) is 30.0 Å². The predicted molar refractivity (Wildman–Crippen MR) is 133 cm³/mol. The lowest BCUT2D eigenvalue weighted by Crippen LogP contribution is -2.44. The van der Waals surface area contributed by atoms with Crippen molar-refractivity contribution in [1.29, 1.82) is 0 Å². The average molecular weight is 560 g/mol. The number of rotatable bonds is 6. The molecule has 3 rings (SSSR count). The summed E-state index contributed by atoms with van der Waals surface area (Å²) in [7, 11) is 4.60. The number of hydrogen-bond acceptors (Lipinski definition) is 6. The summed E-state index contributed by atoms with van der Waals surface area (Å²) in [5, 5.41) is 7.38. The van der Waals surface area contributed by atoms with Crippen molar-refractivity contribution in [2.24, 2.45) is 4.99 Å². The van der Waals surface area contributed by atoms with Crippen LogP contribution in [0.1, 0.15) is 22.3 Å². The minimum absolute atomic E-state index is 0. The van der Waals surface area contributed by atoms with Crippen LogP contribution in [0.15, 0.2) is 41.5 Å². The number of aliphatic imine (C=N–C) groups is 1. The maximum Gasteiger partial charge on any atom is 0.341 e. The Morgan fingerprint density at radius 1 is 1.35 bits per heavy atom. The van der Waals surface area contributed by atoms with Crippen LogP contribution in [0.4, 0.5) is 5.82 Å².